The van der Waals surface area contributed by atoms with Gasteiger partial charge >= 0.3 is 0 Å². The summed E-state index contributed by atoms with van der Waals surface area (Å²) in [6.45, 7) is 3.11. The van der Waals surface area contributed by atoms with Crippen molar-refractivity contribution in [2.75, 3.05) is 27.3 Å². The Morgan fingerprint density at radius 1 is 1.53 bits per heavy atom. The number of rotatable bonds is 6. The maximum atomic E-state index is 9.47. The predicted molar refractivity (Wildman–Crippen MR) is 53.3 cm³/mol. The van der Waals surface area contributed by atoms with Gasteiger partial charge in [-0.05, 0) is 7.05 Å². The van der Waals surface area contributed by atoms with E-state index in [2.05, 4.69) is 10.2 Å². The largest absolute Gasteiger partial charge is 0.424 e. The maximum absolute atomic E-state index is 9.47. The summed E-state index contributed by atoms with van der Waals surface area (Å²) in [7, 11) is 3.43. The van der Waals surface area contributed by atoms with Crippen LogP contribution >= 0.6 is 0 Å². The van der Waals surface area contributed by atoms with Gasteiger partial charge < -0.3 is 14.3 Å². The minimum Gasteiger partial charge on any atom is -0.424 e. The maximum Gasteiger partial charge on any atom is 0.230 e. The number of likely N-dealkylation sites (N-methyl/N-ethyl adjacent to an activating group) is 1. The number of hydrogen-bond donors (Lipinski definition) is 1. The van der Waals surface area contributed by atoms with Crippen molar-refractivity contribution in [1.29, 1.82) is 0 Å². The van der Waals surface area contributed by atoms with Crippen molar-refractivity contribution in [3.05, 3.63) is 11.8 Å². The van der Waals surface area contributed by atoms with Crippen molar-refractivity contribution in [2.24, 2.45) is 0 Å². The predicted octanol–water partition coefficient (Wildman–Crippen LogP) is -0.183. The molecule has 6 nitrogen and oxygen atoms in total. The van der Waals surface area contributed by atoms with E-state index in [9.17, 15) is 5.11 Å². The fourth-order valence-corrected chi connectivity index (χ4v) is 1.30. The van der Waals surface area contributed by atoms with Crippen LogP contribution in [0.3, 0.4) is 0 Å². The third-order valence-electron chi connectivity index (χ3n) is 1.85. The molecule has 0 aliphatic heterocycles. The molecule has 0 saturated heterocycles. The molecule has 0 bridgehead atoms. The number of aromatic nitrogens is 2. The fourth-order valence-electron chi connectivity index (χ4n) is 1.30. The summed E-state index contributed by atoms with van der Waals surface area (Å²) >= 11 is 0. The van der Waals surface area contributed by atoms with Gasteiger partial charge in [-0.1, -0.05) is 0 Å². The summed E-state index contributed by atoms with van der Waals surface area (Å²) in [5.74, 6) is 1.11. The topological polar surface area (TPSA) is 71.6 Å². The quantitative estimate of drug-likeness (QED) is 0.709. The van der Waals surface area contributed by atoms with Gasteiger partial charge in [0.25, 0.3) is 0 Å². The van der Waals surface area contributed by atoms with Crippen LogP contribution in [0, 0.1) is 6.92 Å². The molecule has 0 radical (unpaired) electrons. The molecule has 0 aliphatic carbocycles. The second kappa shape index (κ2) is 5.79. The molecule has 1 N–H and O–H groups in total. The molecule has 1 unspecified atom stereocenters. The molecule has 0 aromatic carbocycles. The number of ether oxygens (including phenoxy) is 1. The molecule has 0 amide bonds. The minimum atomic E-state index is -0.496. The summed E-state index contributed by atoms with van der Waals surface area (Å²) in [5, 5.41) is 17.1. The van der Waals surface area contributed by atoms with Crippen molar-refractivity contribution >= 4 is 0 Å². The van der Waals surface area contributed by atoms with Crippen LogP contribution in [-0.2, 0) is 11.3 Å². The van der Waals surface area contributed by atoms with Crippen LogP contribution < -0.4 is 0 Å². The van der Waals surface area contributed by atoms with E-state index in [0.29, 0.717) is 31.5 Å². The summed E-state index contributed by atoms with van der Waals surface area (Å²) in [6, 6.07) is 0. The Kier molecular flexibility index (Phi) is 4.67. The van der Waals surface area contributed by atoms with E-state index in [0.717, 1.165) is 0 Å². The lowest BCUT2D eigenvalue weighted by molar-refractivity contribution is 0.0403. The number of nitrogens with zero attached hydrogens (tertiary/aromatic N) is 3. The highest BCUT2D eigenvalue weighted by atomic mass is 16.5. The first-order valence-corrected chi connectivity index (χ1v) is 4.76. The molecule has 0 saturated carbocycles. The highest BCUT2D eigenvalue weighted by molar-refractivity contribution is 4.78. The smallest absolute Gasteiger partial charge is 0.230 e. The zero-order valence-electron chi connectivity index (χ0n) is 9.30. The zero-order valence-corrected chi connectivity index (χ0v) is 9.30. The second-order valence-electron chi connectivity index (χ2n) is 3.52. The molecule has 0 fully saturated rings. The monoisotopic (exact) mass is 215 g/mol. The first kappa shape index (κ1) is 12.1. The molecular formula is C9H17N3O3. The molecular weight excluding hydrogens is 198 g/mol. The summed E-state index contributed by atoms with van der Waals surface area (Å²) in [5.41, 5.74) is 0. The highest BCUT2D eigenvalue weighted by Gasteiger charge is 2.11. The van der Waals surface area contributed by atoms with Crippen molar-refractivity contribution < 1.29 is 14.3 Å². The second-order valence-corrected chi connectivity index (χ2v) is 3.52. The van der Waals surface area contributed by atoms with Crippen LogP contribution in [-0.4, -0.2) is 53.6 Å². The fraction of sp³-hybridized carbons (Fsp3) is 0.778. The van der Waals surface area contributed by atoms with E-state index in [-0.39, 0.29) is 0 Å². The first-order chi connectivity index (χ1) is 7.11. The van der Waals surface area contributed by atoms with E-state index < -0.39 is 6.10 Å². The molecule has 6 heteroatoms. The number of aliphatic hydroxyl groups is 1. The number of hydrogen-bond acceptors (Lipinski definition) is 6. The third-order valence-corrected chi connectivity index (χ3v) is 1.85. The van der Waals surface area contributed by atoms with E-state index in [1.54, 1.807) is 14.0 Å². The van der Waals surface area contributed by atoms with Crippen molar-refractivity contribution in [3.8, 4) is 0 Å². The van der Waals surface area contributed by atoms with Gasteiger partial charge in [-0.3, -0.25) is 4.90 Å². The standard InChI is InChI=1S/C9H17N3O3/c1-7-10-11-9(15-7)5-12(2)4-8(13)6-14-3/h8,13H,4-6H2,1-3H3. The van der Waals surface area contributed by atoms with Gasteiger partial charge in [0, 0.05) is 20.6 Å². The third kappa shape index (κ3) is 4.37. The molecule has 86 valence electrons. The SMILES string of the molecule is COCC(O)CN(C)Cc1nnc(C)o1. The van der Waals surface area contributed by atoms with Gasteiger partial charge in [0.15, 0.2) is 0 Å². The molecule has 0 spiro atoms. The Morgan fingerprint density at radius 2 is 2.27 bits per heavy atom. The van der Waals surface area contributed by atoms with Gasteiger partial charge in [-0.25, -0.2) is 0 Å². The van der Waals surface area contributed by atoms with Crippen molar-refractivity contribution in [2.45, 2.75) is 19.6 Å². The van der Waals surface area contributed by atoms with Crippen LogP contribution in [0.15, 0.2) is 4.42 Å². The molecule has 0 aliphatic rings. The van der Waals surface area contributed by atoms with E-state index in [1.165, 1.54) is 0 Å². The lowest BCUT2D eigenvalue weighted by atomic mass is 10.3. The van der Waals surface area contributed by atoms with E-state index in [4.69, 9.17) is 9.15 Å². The Hall–Kier alpha value is -0.980. The van der Waals surface area contributed by atoms with Crippen LogP contribution in [0.1, 0.15) is 11.8 Å². The van der Waals surface area contributed by atoms with E-state index >= 15 is 0 Å². The Morgan fingerprint density at radius 3 is 2.80 bits per heavy atom. The van der Waals surface area contributed by atoms with Gasteiger partial charge in [-0.15, -0.1) is 10.2 Å². The minimum absolute atomic E-state index is 0.327. The molecule has 1 rings (SSSR count). The van der Waals surface area contributed by atoms with Crippen molar-refractivity contribution in [3.63, 3.8) is 0 Å². The lowest BCUT2D eigenvalue weighted by Crippen LogP contribution is -2.31. The summed E-state index contributed by atoms with van der Waals surface area (Å²) < 4.78 is 10.0. The van der Waals surface area contributed by atoms with Gasteiger partial charge in [-0.2, -0.15) is 0 Å². The van der Waals surface area contributed by atoms with Crippen LogP contribution in [0.4, 0.5) is 0 Å². The van der Waals surface area contributed by atoms with Gasteiger partial charge in [0.1, 0.15) is 0 Å². The average Bonchev–Trinajstić information content (AvgIpc) is 2.51. The zero-order chi connectivity index (χ0) is 11.3. The highest BCUT2D eigenvalue weighted by Crippen LogP contribution is 2.02. The van der Waals surface area contributed by atoms with Gasteiger partial charge in [0.2, 0.25) is 11.8 Å². The number of aliphatic hydroxyl groups excluding tert-OH is 1. The molecule has 1 aromatic rings. The Labute approximate surface area is 88.9 Å². The van der Waals surface area contributed by atoms with Crippen LogP contribution in [0.25, 0.3) is 0 Å². The van der Waals surface area contributed by atoms with Crippen LogP contribution in [0.2, 0.25) is 0 Å². The Bertz CT molecular complexity index is 290. The molecule has 1 atom stereocenters. The van der Waals surface area contributed by atoms with Crippen molar-refractivity contribution in [1.82, 2.24) is 15.1 Å². The van der Waals surface area contributed by atoms with Crippen LogP contribution in [0.5, 0.6) is 0 Å². The normalized spacial score (nSPS) is 13.4. The Balaban J connectivity index is 2.32. The molecule has 15 heavy (non-hydrogen) atoms. The van der Waals surface area contributed by atoms with Gasteiger partial charge in [0.05, 0.1) is 19.3 Å². The molecule has 1 heterocycles. The number of aryl methyl sites for hydroxylation is 1. The average molecular weight is 215 g/mol. The summed E-state index contributed by atoms with van der Waals surface area (Å²) in [6.07, 6.45) is -0.496. The lowest BCUT2D eigenvalue weighted by Gasteiger charge is -2.17. The number of methoxy groups -OCH3 is 1. The first-order valence-electron chi connectivity index (χ1n) is 4.76. The molecule has 1 aromatic heterocycles. The summed E-state index contributed by atoms with van der Waals surface area (Å²) in [4.78, 5) is 1.90. The van der Waals surface area contributed by atoms with E-state index in [1.807, 2.05) is 11.9 Å².